The lowest BCUT2D eigenvalue weighted by atomic mass is 10.0. The fraction of sp³-hybridized carbons (Fsp3) is 0.500. The summed E-state index contributed by atoms with van der Waals surface area (Å²) in [4.78, 5) is 13.7. The monoisotopic (exact) mass is 255 g/mol. The molecule has 0 amide bonds. The minimum Gasteiger partial charge on any atom is -0.298 e. The van der Waals surface area contributed by atoms with E-state index in [1.165, 1.54) is 0 Å². The second-order valence-corrected chi connectivity index (χ2v) is 4.11. The van der Waals surface area contributed by atoms with Crippen LogP contribution in [0.5, 0.6) is 0 Å². The van der Waals surface area contributed by atoms with E-state index in [0.29, 0.717) is 11.4 Å². The Morgan fingerprint density at radius 2 is 1.82 bits per heavy atom. The highest BCUT2D eigenvalue weighted by Crippen LogP contribution is 2.27. The summed E-state index contributed by atoms with van der Waals surface area (Å²) in [7, 11) is 3.78. The molecule has 0 aliphatic carbocycles. The number of Topliss-reactive ketones (excluding diaryl/α,β-unsaturated/α-hetero) is 1. The molecule has 96 valence electrons. The van der Waals surface area contributed by atoms with Crippen LogP contribution in [0.2, 0.25) is 5.02 Å². The third-order valence-corrected chi connectivity index (χ3v) is 2.71. The highest BCUT2D eigenvalue weighted by atomic mass is 35.5. The van der Waals surface area contributed by atoms with E-state index in [1.54, 1.807) is 0 Å². The topological polar surface area (TPSA) is 20.3 Å². The van der Waals surface area contributed by atoms with Crippen LogP contribution in [0.4, 0.5) is 0 Å². The molecular formula is C14H22ClNO. The molecule has 0 saturated carbocycles. The molecule has 1 aromatic carbocycles. The lowest BCUT2D eigenvalue weighted by molar-refractivity contribution is -0.123. The summed E-state index contributed by atoms with van der Waals surface area (Å²) in [6.07, 6.45) is 0.522. The Balaban J connectivity index is 0.00000121. The fourth-order valence-corrected chi connectivity index (χ4v) is 1.87. The maximum atomic E-state index is 11.8. The zero-order chi connectivity index (χ0) is 13.4. The standard InChI is InChI=1S/C12H16ClNO.C2H6/c1-4-11(15)12(14(2)3)9-7-5-6-8-10(9)13;1-2/h5-8,12H,4H2,1-3H3;1-2H3. The third-order valence-electron chi connectivity index (χ3n) is 2.37. The highest BCUT2D eigenvalue weighted by Gasteiger charge is 2.22. The summed E-state index contributed by atoms with van der Waals surface area (Å²) in [5.41, 5.74) is 0.885. The molecule has 2 nitrogen and oxygen atoms in total. The van der Waals surface area contributed by atoms with Crippen molar-refractivity contribution in [2.45, 2.75) is 33.2 Å². The Morgan fingerprint density at radius 1 is 1.29 bits per heavy atom. The van der Waals surface area contributed by atoms with Gasteiger partial charge in [-0.05, 0) is 25.7 Å². The maximum absolute atomic E-state index is 11.8. The lowest BCUT2D eigenvalue weighted by Gasteiger charge is -2.23. The van der Waals surface area contributed by atoms with Crippen LogP contribution in [0.15, 0.2) is 24.3 Å². The maximum Gasteiger partial charge on any atom is 0.154 e. The number of hydrogen-bond acceptors (Lipinski definition) is 2. The Morgan fingerprint density at radius 3 is 2.24 bits per heavy atom. The van der Waals surface area contributed by atoms with Crippen LogP contribution < -0.4 is 0 Å². The van der Waals surface area contributed by atoms with Gasteiger partial charge in [0.15, 0.2) is 5.78 Å². The number of ketones is 1. The molecule has 0 saturated heterocycles. The average molecular weight is 256 g/mol. The zero-order valence-corrected chi connectivity index (χ0v) is 12.1. The van der Waals surface area contributed by atoms with Gasteiger partial charge in [-0.25, -0.2) is 0 Å². The first-order valence-electron chi connectivity index (χ1n) is 6.01. The van der Waals surface area contributed by atoms with Gasteiger partial charge >= 0.3 is 0 Å². The first-order valence-corrected chi connectivity index (χ1v) is 6.39. The molecule has 1 aromatic rings. The van der Waals surface area contributed by atoms with Gasteiger partial charge in [0.25, 0.3) is 0 Å². The number of carbonyl (C=O) groups is 1. The van der Waals surface area contributed by atoms with Gasteiger partial charge in [-0.3, -0.25) is 9.69 Å². The minimum atomic E-state index is -0.233. The summed E-state index contributed by atoms with van der Waals surface area (Å²) < 4.78 is 0. The molecule has 0 fully saturated rings. The molecule has 0 spiro atoms. The van der Waals surface area contributed by atoms with Crippen LogP contribution in [0.25, 0.3) is 0 Å². The predicted molar refractivity (Wildman–Crippen MR) is 74.5 cm³/mol. The molecule has 0 N–H and O–H groups in total. The molecule has 1 atom stereocenters. The van der Waals surface area contributed by atoms with Crippen molar-refractivity contribution >= 4 is 17.4 Å². The number of halogens is 1. The van der Waals surface area contributed by atoms with Crippen LogP contribution in [0.1, 0.15) is 38.8 Å². The van der Waals surface area contributed by atoms with E-state index >= 15 is 0 Å². The number of likely N-dealkylation sites (N-methyl/N-ethyl adjacent to an activating group) is 1. The fourth-order valence-electron chi connectivity index (χ4n) is 1.63. The Kier molecular flexibility index (Phi) is 7.85. The summed E-state index contributed by atoms with van der Waals surface area (Å²) in [6.45, 7) is 5.87. The number of nitrogens with zero attached hydrogens (tertiary/aromatic N) is 1. The summed E-state index contributed by atoms with van der Waals surface area (Å²) >= 11 is 6.09. The van der Waals surface area contributed by atoms with E-state index in [-0.39, 0.29) is 11.8 Å². The minimum absolute atomic E-state index is 0.188. The van der Waals surface area contributed by atoms with Gasteiger partial charge < -0.3 is 0 Å². The Hall–Kier alpha value is -0.860. The quantitative estimate of drug-likeness (QED) is 0.812. The summed E-state index contributed by atoms with van der Waals surface area (Å²) in [5.74, 6) is 0.188. The van der Waals surface area contributed by atoms with Crippen LogP contribution in [-0.2, 0) is 4.79 Å². The first kappa shape index (κ1) is 16.1. The van der Waals surface area contributed by atoms with Crippen molar-refractivity contribution in [3.8, 4) is 0 Å². The third kappa shape index (κ3) is 4.49. The van der Waals surface area contributed by atoms with E-state index in [0.717, 1.165) is 5.56 Å². The van der Waals surface area contributed by atoms with Crippen molar-refractivity contribution in [3.63, 3.8) is 0 Å². The molecule has 3 heteroatoms. The van der Waals surface area contributed by atoms with E-state index in [9.17, 15) is 4.79 Å². The molecule has 0 aliphatic rings. The van der Waals surface area contributed by atoms with Crippen molar-refractivity contribution in [3.05, 3.63) is 34.9 Å². The van der Waals surface area contributed by atoms with Crippen LogP contribution >= 0.6 is 11.6 Å². The van der Waals surface area contributed by atoms with Crippen molar-refractivity contribution in [2.24, 2.45) is 0 Å². The second kappa shape index (κ2) is 8.26. The molecule has 1 unspecified atom stereocenters. The average Bonchev–Trinajstić information content (AvgIpc) is 2.34. The van der Waals surface area contributed by atoms with Gasteiger partial charge in [0.05, 0.1) is 6.04 Å². The van der Waals surface area contributed by atoms with E-state index < -0.39 is 0 Å². The molecule has 0 aliphatic heterocycles. The second-order valence-electron chi connectivity index (χ2n) is 3.71. The number of benzene rings is 1. The van der Waals surface area contributed by atoms with Crippen LogP contribution in [-0.4, -0.2) is 24.8 Å². The predicted octanol–water partition coefficient (Wildman–Crippen LogP) is 3.95. The summed E-state index contributed by atoms with van der Waals surface area (Å²) in [5, 5.41) is 0.651. The smallest absolute Gasteiger partial charge is 0.154 e. The Bertz CT molecular complexity index is 350. The normalized spacial score (nSPS) is 11.7. The van der Waals surface area contributed by atoms with Crippen molar-refractivity contribution in [1.29, 1.82) is 0 Å². The largest absolute Gasteiger partial charge is 0.298 e. The molecule has 17 heavy (non-hydrogen) atoms. The molecule has 1 rings (SSSR count). The van der Waals surface area contributed by atoms with Crippen molar-refractivity contribution in [2.75, 3.05) is 14.1 Å². The van der Waals surface area contributed by atoms with Crippen LogP contribution in [0.3, 0.4) is 0 Å². The zero-order valence-electron chi connectivity index (χ0n) is 11.3. The van der Waals surface area contributed by atoms with Gasteiger partial charge in [0.1, 0.15) is 0 Å². The lowest BCUT2D eigenvalue weighted by Crippen LogP contribution is -2.27. The SMILES string of the molecule is CC.CCC(=O)C(c1ccccc1Cl)N(C)C. The summed E-state index contributed by atoms with van der Waals surface area (Å²) in [6, 6.07) is 7.26. The number of carbonyl (C=O) groups excluding carboxylic acids is 1. The molecule has 0 aromatic heterocycles. The van der Waals surface area contributed by atoms with Crippen LogP contribution in [0, 0.1) is 0 Å². The Labute approximate surface area is 110 Å². The van der Waals surface area contributed by atoms with E-state index in [1.807, 2.05) is 64.0 Å². The van der Waals surface area contributed by atoms with Gasteiger partial charge in [0, 0.05) is 11.4 Å². The van der Waals surface area contributed by atoms with E-state index in [2.05, 4.69) is 0 Å². The number of hydrogen-bond donors (Lipinski definition) is 0. The number of rotatable bonds is 4. The van der Waals surface area contributed by atoms with Gasteiger partial charge in [-0.15, -0.1) is 0 Å². The molecule has 0 radical (unpaired) electrons. The highest BCUT2D eigenvalue weighted by molar-refractivity contribution is 6.31. The van der Waals surface area contributed by atoms with E-state index in [4.69, 9.17) is 11.6 Å². The molecule has 0 bridgehead atoms. The van der Waals surface area contributed by atoms with Gasteiger partial charge in [-0.1, -0.05) is 50.6 Å². The molecule has 0 heterocycles. The van der Waals surface area contributed by atoms with Crippen molar-refractivity contribution in [1.82, 2.24) is 4.90 Å². The van der Waals surface area contributed by atoms with Gasteiger partial charge in [-0.2, -0.15) is 0 Å². The van der Waals surface area contributed by atoms with Gasteiger partial charge in [0.2, 0.25) is 0 Å². The van der Waals surface area contributed by atoms with Crippen molar-refractivity contribution < 1.29 is 4.79 Å². The first-order chi connectivity index (χ1) is 8.07. The molecular weight excluding hydrogens is 234 g/mol.